The van der Waals surface area contributed by atoms with E-state index >= 15 is 0 Å². The van der Waals surface area contributed by atoms with Crippen LogP contribution in [0.25, 0.3) is 0 Å². The van der Waals surface area contributed by atoms with E-state index in [1.807, 2.05) is 38.1 Å². The first-order valence-corrected chi connectivity index (χ1v) is 20.0. The molecular weight excluding hydrogens is 785 g/mol. The molecule has 17 heteroatoms. The molecule has 0 bridgehead atoms. The van der Waals surface area contributed by atoms with Crippen LogP contribution < -0.4 is 29.6 Å². The van der Waals surface area contributed by atoms with Crippen molar-refractivity contribution in [3.8, 4) is 33.6 Å². The number of carboxylic acid groups (broad SMARTS) is 1. The van der Waals surface area contributed by atoms with Crippen molar-refractivity contribution in [1.82, 2.24) is 19.9 Å². The molecule has 0 atom stereocenters. The zero-order valence-corrected chi connectivity index (χ0v) is 36.2. The number of rotatable bonds is 14. The molecule has 0 saturated heterocycles. The fourth-order valence-electron chi connectivity index (χ4n) is 4.94. The van der Waals surface area contributed by atoms with Crippen molar-refractivity contribution >= 4 is 52.2 Å². The quantitative estimate of drug-likeness (QED) is 0.0896. The van der Waals surface area contributed by atoms with Gasteiger partial charge in [-0.25, -0.2) is 4.79 Å². The second-order valence-corrected chi connectivity index (χ2v) is 16.5. The second-order valence-electron chi connectivity index (χ2n) is 14.8. The van der Waals surface area contributed by atoms with Gasteiger partial charge >= 0.3 is 11.9 Å². The van der Waals surface area contributed by atoms with E-state index in [4.69, 9.17) is 28.8 Å². The zero-order valence-electron chi connectivity index (χ0n) is 34.6. The van der Waals surface area contributed by atoms with Gasteiger partial charge in [0.05, 0.1) is 27.2 Å². The first-order chi connectivity index (χ1) is 27.3. The number of ether oxygens (including phenoxy) is 5. The first-order valence-electron chi connectivity index (χ1n) is 18.3. The molecule has 310 valence electrons. The molecule has 0 fully saturated rings. The average Bonchev–Trinajstić information content (AvgIpc) is 3.83. The van der Waals surface area contributed by atoms with Gasteiger partial charge in [-0.3, -0.25) is 9.59 Å². The highest BCUT2D eigenvalue weighted by atomic mass is 32.1. The lowest BCUT2D eigenvalue weighted by atomic mass is 9.86. The number of benzene rings is 2. The topological polar surface area (TPSA) is 193 Å². The van der Waals surface area contributed by atoms with Crippen LogP contribution in [0.3, 0.4) is 0 Å². The summed E-state index contributed by atoms with van der Waals surface area (Å²) in [4.78, 5) is 52.1. The van der Waals surface area contributed by atoms with Crippen molar-refractivity contribution in [1.29, 1.82) is 0 Å². The third-order valence-electron chi connectivity index (χ3n) is 8.31. The van der Waals surface area contributed by atoms with Gasteiger partial charge in [-0.05, 0) is 66.0 Å². The van der Waals surface area contributed by atoms with E-state index in [-0.39, 0.29) is 64.5 Å². The highest BCUT2D eigenvalue weighted by Crippen LogP contribution is 2.36. The number of hydrogen-bond donors (Lipinski definition) is 3. The highest BCUT2D eigenvalue weighted by molar-refractivity contribution is 7.12. The number of anilines is 2. The summed E-state index contributed by atoms with van der Waals surface area (Å²) in [5.74, 6) is -0.194. The van der Waals surface area contributed by atoms with E-state index in [1.54, 1.807) is 12.3 Å². The number of hydrogen-bond acceptors (Lipinski definition) is 15. The molecule has 58 heavy (non-hydrogen) atoms. The first kappa shape index (κ1) is 44.9. The van der Waals surface area contributed by atoms with Crippen molar-refractivity contribution in [2.75, 3.05) is 38.0 Å². The molecule has 0 unspecified atom stereocenters. The maximum Gasteiger partial charge on any atom is 0.355 e. The van der Waals surface area contributed by atoms with Gasteiger partial charge in [-0.15, -0.1) is 0 Å². The van der Waals surface area contributed by atoms with Crippen molar-refractivity contribution in [3.63, 3.8) is 0 Å². The number of aromatic carboxylic acids is 1. The van der Waals surface area contributed by atoms with E-state index in [1.165, 1.54) is 42.3 Å². The molecule has 15 nitrogen and oxygen atoms in total. The second kappa shape index (κ2) is 19.6. The molecule has 0 aliphatic rings. The Morgan fingerprint density at radius 1 is 0.741 bits per heavy atom. The maximum absolute atomic E-state index is 13.0. The summed E-state index contributed by atoms with van der Waals surface area (Å²) in [6, 6.07) is 12.1. The zero-order chi connectivity index (χ0) is 42.8. The third kappa shape index (κ3) is 12.3. The predicted molar refractivity (Wildman–Crippen MR) is 224 cm³/mol. The van der Waals surface area contributed by atoms with Gasteiger partial charge in [0.15, 0.2) is 11.4 Å². The van der Waals surface area contributed by atoms with Crippen molar-refractivity contribution < 1.29 is 43.2 Å². The van der Waals surface area contributed by atoms with Gasteiger partial charge in [0.2, 0.25) is 17.7 Å². The molecule has 0 spiro atoms. The van der Waals surface area contributed by atoms with Crippen LogP contribution in [-0.2, 0) is 20.4 Å². The van der Waals surface area contributed by atoms with Gasteiger partial charge in [-0.2, -0.15) is 19.9 Å². The summed E-state index contributed by atoms with van der Waals surface area (Å²) in [5, 5.41) is 18.2. The van der Waals surface area contributed by atoms with Crippen LogP contribution in [-0.4, -0.2) is 70.3 Å². The number of methoxy groups -OCH3 is 2. The number of aromatic nitrogens is 4. The smallest absolute Gasteiger partial charge is 0.355 e. The van der Waals surface area contributed by atoms with E-state index in [0.29, 0.717) is 28.5 Å². The van der Waals surface area contributed by atoms with Crippen LogP contribution in [0.2, 0.25) is 0 Å². The van der Waals surface area contributed by atoms with Gasteiger partial charge in [0, 0.05) is 17.3 Å². The number of carbonyl (C=O) groups is 3. The molecule has 0 aliphatic heterocycles. The molecule has 3 aromatic heterocycles. The molecule has 1 amide bonds. The molecule has 0 radical (unpaired) electrons. The van der Waals surface area contributed by atoms with E-state index < -0.39 is 11.9 Å². The molecule has 2 aromatic carbocycles. The fourth-order valence-corrected chi connectivity index (χ4v) is 6.26. The number of esters is 1. The van der Waals surface area contributed by atoms with Crippen LogP contribution in [0.15, 0.2) is 47.2 Å². The van der Waals surface area contributed by atoms with Crippen molar-refractivity contribution in [3.05, 3.63) is 80.8 Å². The minimum atomic E-state index is -1.05. The summed E-state index contributed by atoms with van der Waals surface area (Å²) >= 11 is 2.39. The highest BCUT2D eigenvalue weighted by Gasteiger charge is 2.23. The predicted octanol–water partition coefficient (Wildman–Crippen LogP) is 9.21. The Morgan fingerprint density at radius 3 is 1.66 bits per heavy atom. The Balaban J connectivity index is 0.000000311. The lowest BCUT2D eigenvalue weighted by Gasteiger charge is -2.20. The number of nitrogens with zero attached hydrogens (tertiary/aromatic N) is 4. The molecule has 5 rings (SSSR count). The van der Waals surface area contributed by atoms with Gasteiger partial charge < -0.3 is 39.4 Å². The Hall–Kier alpha value is -5.81. The summed E-state index contributed by atoms with van der Waals surface area (Å²) < 4.78 is 27.3. The summed E-state index contributed by atoms with van der Waals surface area (Å²) in [6.07, 6.45) is 0.134. The molecule has 0 saturated carbocycles. The Bertz CT molecular complexity index is 2200. The lowest BCUT2D eigenvalue weighted by molar-refractivity contribution is -0.142. The van der Waals surface area contributed by atoms with Crippen LogP contribution >= 0.6 is 22.7 Å². The molecule has 3 heterocycles. The minimum Gasteiger partial charge on any atom is -0.479 e. The lowest BCUT2D eigenvalue weighted by Crippen LogP contribution is -2.17. The monoisotopic (exact) mass is 834 g/mol. The third-order valence-corrected chi connectivity index (χ3v) is 9.74. The van der Waals surface area contributed by atoms with Crippen LogP contribution in [0.1, 0.15) is 98.1 Å². The van der Waals surface area contributed by atoms with E-state index in [9.17, 15) is 14.4 Å². The number of thiazole rings is 2. The van der Waals surface area contributed by atoms with Crippen molar-refractivity contribution in [2.45, 2.75) is 79.6 Å². The van der Waals surface area contributed by atoms with Gasteiger partial charge in [0.25, 0.3) is 16.3 Å². The molecule has 0 aliphatic carbocycles. The van der Waals surface area contributed by atoms with Gasteiger partial charge in [0.1, 0.15) is 17.2 Å². The molecule has 5 aromatic rings. The van der Waals surface area contributed by atoms with Crippen molar-refractivity contribution in [2.24, 2.45) is 0 Å². The van der Waals surface area contributed by atoms with E-state index in [0.717, 1.165) is 22.3 Å². The Morgan fingerprint density at radius 2 is 1.22 bits per heavy atom. The average molecular weight is 835 g/mol. The molecule has 3 N–H and O–H groups in total. The number of aryl methyl sites for hydroxylation is 2. The number of amides is 1. The number of carbonyl (C=O) groups excluding carboxylic acids is 2. The summed E-state index contributed by atoms with van der Waals surface area (Å²) in [5.41, 5.74) is 4.53. The van der Waals surface area contributed by atoms with Crippen LogP contribution in [0.4, 0.5) is 11.6 Å². The standard InChI is InChI=1S/C26H33N5O6S.C15H17NO3S/c1-8-36-19(32)11-12-27-24-30-22(34-6)20(23(31-24)35-7)29-21(33)17-14-38-25(28-17)37-18-13-16(26(3,4)5)10-9-15(18)2;1-9-5-6-10(15(2,3)4)7-12(9)19-14-16-11(8-20-14)13(17)18/h9-10,13-14H,8,11-12H2,1-7H3,(H,29,33)(H,27,30,31);5-8H,1-4H3,(H,17,18). The van der Waals surface area contributed by atoms with E-state index in [2.05, 4.69) is 84.2 Å². The normalized spacial score (nSPS) is 11.2. The van der Waals surface area contributed by atoms with Crippen LogP contribution in [0, 0.1) is 13.8 Å². The number of carboxylic acids is 1. The fraction of sp³-hybridized carbons (Fsp3) is 0.390. The number of nitrogens with one attached hydrogen (secondary N) is 2. The summed E-state index contributed by atoms with van der Waals surface area (Å²) in [6.45, 7) is 19.0. The molecular formula is C41H50N6O9S2. The van der Waals surface area contributed by atoms with Crippen LogP contribution in [0.5, 0.6) is 33.6 Å². The summed E-state index contributed by atoms with van der Waals surface area (Å²) in [7, 11) is 2.81. The maximum atomic E-state index is 13.0. The Labute approximate surface area is 346 Å². The minimum absolute atomic E-state index is 0.00892. The van der Waals surface area contributed by atoms with Gasteiger partial charge in [-0.1, -0.05) is 88.5 Å². The SMILES string of the molecule is CCOC(=O)CCNc1nc(OC)c(NC(=O)c2csc(Oc3cc(C(C)(C)C)ccc3C)n2)c(OC)n1.Cc1ccc(C(C)(C)C)cc1Oc1nc(C(=O)O)cs1. The Kier molecular flexibility index (Phi) is 15.1. The largest absolute Gasteiger partial charge is 0.479 e.